The molecule has 0 radical (unpaired) electrons. The molecule has 6 heteroatoms. The molecule has 6 nitrogen and oxygen atoms in total. The third-order valence-corrected chi connectivity index (χ3v) is 4.26. The fraction of sp³-hybridized carbons (Fsp3) is 0.0870. The summed E-state index contributed by atoms with van der Waals surface area (Å²) < 4.78 is 0. The molecule has 0 fully saturated rings. The Hall–Kier alpha value is -3.93. The molecule has 0 spiro atoms. The summed E-state index contributed by atoms with van der Waals surface area (Å²) in [5.74, 6) is -1.66. The van der Waals surface area contributed by atoms with E-state index < -0.39 is 11.9 Å². The van der Waals surface area contributed by atoms with Crippen molar-refractivity contribution in [3.8, 4) is 11.1 Å². The van der Waals surface area contributed by atoms with Gasteiger partial charge in [-0.3, -0.25) is 14.4 Å². The number of hydrogen-bond acceptors (Lipinski definition) is 3. The molecule has 3 aromatic carbocycles. The van der Waals surface area contributed by atoms with Gasteiger partial charge in [-0.1, -0.05) is 54.6 Å². The maximum Gasteiger partial charge on any atom is 0.305 e. The number of amides is 2. The van der Waals surface area contributed by atoms with Gasteiger partial charge in [-0.2, -0.15) is 0 Å². The molecule has 3 rings (SSSR count). The summed E-state index contributed by atoms with van der Waals surface area (Å²) in [6, 6.07) is 23.4. The molecule has 0 saturated carbocycles. The molecule has 0 aromatic heterocycles. The van der Waals surface area contributed by atoms with Gasteiger partial charge >= 0.3 is 5.97 Å². The van der Waals surface area contributed by atoms with Crippen LogP contribution in [-0.2, 0) is 4.79 Å². The topological polar surface area (TPSA) is 95.5 Å². The van der Waals surface area contributed by atoms with Crippen LogP contribution in [0.25, 0.3) is 11.1 Å². The zero-order valence-electron chi connectivity index (χ0n) is 15.6. The van der Waals surface area contributed by atoms with Gasteiger partial charge in [0.1, 0.15) is 0 Å². The van der Waals surface area contributed by atoms with Crippen molar-refractivity contribution < 1.29 is 19.5 Å². The molecule has 3 aromatic rings. The average Bonchev–Trinajstić information content (AvgIpc) is 2.74. The Kier molecular flexibility index (Phi) is 6.37. The summed E-state index contributed by atoms with van der Waals surface area (Å²) in [5, 5.41) is 14.0. The van der Waals surface area contributed by atoms with Crippen molar-refractivity contribution in [3.05, 3.63) is 90.0 Å². The van der Waals surface area contributed by atoms with Gasteiger partial charge in [0.25, 0.3) is 11.8 Å². The van der Waals surface area contributed by atoms with Gasteiger partial charge in [0.2, 0.25) is 0 Å². The lowest BCUT2D eigenvalue weighted by Crippen LogP contribution is -2.26. The molecule has 0 saturated heterocycles. The van der Waals surface area contributed by atoms with Gasteiger partial charge < -0.3 is 15.7 Å². The second kappa shape index (κ2) is 9.32. The van der Waals surface area contributed by atoms with E-state index in [1.54, 1.807) is 36.4 Å². The van der Waals surface area contributed by atoms with Crippen LogP contribution >= 0.6 is 0 Å². The van der Waals surface area contributed by atoms with Gasteiger partial charge in [0, 0.05) is 23.4 Å². The largest absolute Gasteiger partial charge is 0.481 e. The lowest BCUT2D eigenvalue weighted by atomic mass is 9.99. The molecule has 2 amide bonds. The maximum absolute atomic E-state index is 12.9. The standard InChI is InChI=1S/C23H20N2O4/c26-21(27)13-14-24-22(28)17-9-6-10-18(15-17)25-23(29)20-12-5-4-11-19(20)16-7-2-1-3-8-16/h1-12,15H,13-14H2,(H,24,28)(H,25,29)(H,26,27). The number of nitrogens with one attached hydrogen (secondary N) is 2. The van der Waals surface area contributed by atoms with Crippen LogP contribution in [0.2, 0.25) is 0 Å². The smallest absolute Gasteiger partial charge is 0.305 e. The van der Waals surface area contributed by atoms with Crippen molar-refractivity contribution in [2.24, 2.45) is 0 Å². The van der Waals surface area contributed by atoms with E-state index in [0.717, 1.165) is 11.1 Å². The Morgan fingerprint density at radius 1 is 0.793 bits per heavy atom. The lowest BCUT2D eigenvalue weighted by Gasteiger charge is -2.11. The van der Waals surface area contributed by atoms with E-state index in [1.807, 2.05) is 42.5 Å². The van der Waals surface area contributed by atoms with Crippen LogP contribution in [-0.4, -0.2) is 29.4 Å². The van der Waals surface area contributed by atoms with E-state index in [0.29, 0.717) is 16.8 Å². The minimum atomic E-state index is -0.983. The Morgan fingerprint density at radius 3 is 2.28 bits per heavy atom. The number of carboxylic acid groups (broad SMARTS) is 1. The number of aliphatic carboxylic acids is 1. The van der Waals surface area contributed by atoms with E-state index in [9.17, 15) is 14.4 Å². The Labute approximate surface area is 168 Å². The molecular formula is C23H20N2O4. The Balaban J connectivity index is 1.75. The predicted octanol–water partition coefficient (Wildman–Crippen LogP) is 3.81. The number of carbonyl (C=O) groups is 3. The minimum absolute atomic E-state index is 0.0369. The normalized spacial score (nSPS) is 10.2. The molecular weight excluding hydrogens is 368 g/mol. The molecule has 0 aliphatic heterocycles. The van der Waals surface area contributed by atoms with E-state index >= 15 is 0 Å². The van der Waals surface area contributed by atoms with Crippen LogP contribution < -0.4 is 10.6 Å². The van der Waals surface area contributed by atoms with Gasteiger partial charge in [-0.05, 0) is 35.4 Å². The number of rotatable bonds is 7. The fourth-order valence-electron chi connectivity index (χ4n) is 2.87. The monoisotopic (exact) mass is 388 g/mol. The van der Waals surface area contributed by atoms with E-state index in [1.165, 1.54) is 0 Å². The number of hydrogen-bond donors (Lipinski definition) is 3. The zero-order chi connectivity index (χ0) is 20.6. The fourth-order valence-corrected chi connectivity index (χ4v) is 2.87. The predicted molar refractivity (Wildman–Crippen MR) is 111 cm³/mol. The summed E-state index contributed by atoms with van der Waals surface area (Å²) in [5.41, 5.74) is 3.08. The van der Waals surface area contributed by atoms with Crippen molar-refractivity contribution in [1.82, 2.24) is 5.32 Å². The van der Waals surface area contributed by atoms with Gasteiger partial charge in [-0.15, -0.1) is 0 Å². The Bertz CT molecular complexity index is 1030. The first kappa shape index (κ1) is 19.8. The third kappa shape index (κ3) is 5.29. The van der Waals surface area contributed by atoms with E-state index in [-0.39, 0.29) is 18.9 Å². The van der Waals surface area contributed by atoms with Crippen LogP contribution in [0, 0.1) is 0 Å². The van der Waals surface area contributed by atoms with E-state index in [4.69, 9.17) is 5.11 Å². The van der Waals surface area contributed by atoms with Crippen LogP contribution in [0.4, 0.5) is 5.69 Å². The van der Waals surface area contributed by atoms with Crippen LogP contribution in [0.5, 0.6) is 0 Å². The first-order valence-corrected chi connectivity index (χ1v) is 9.10. The van der Waals surface area contributed by atoms with Crippen molar-refractivity contribution in [1.29, 1.82) is 0 Å². The molecule has 0 heterocycles. The van der Waals surface area contributed by atoms with Crippen molar-refractivity contribution in [2.45, 2.75) is 6.42 Å². The van der Waals surface area contributed by atoms with Gasteiger partial charge in [0.05, 0.1) is 6.42 Å². The summed E-state index contributed by atoms with van der Waals surface area (Å²) in [6.07, 6.45) is -0.154. The number of carboxylic acids is 1. The van der Waals surface area contributed by atoms with E-state index in [2.05, 4.69) is 10.6 Å². The zero-order valence-corrected chi connectivity index (χ0v) is 15.6. The minimum Gasteiger partial charge on any atom is -0.481 e. The summed E-state index contributed by atoms with van der Waals surface area (Å²) >= 11 is 0. The highest BCUT2D eigenvalue weighted by Gasteiger charge is 2.13. The summed E-state index contributed by atoms with van der Waals surface area (Å²) in [4.78, 5) is 35.6. The third-order valence-electron chi connectivity index (χ3n) is 4.26. The SMILES string of the molecule is O=C(O)CCNC(=O)c1cccc(NC(=O)c2ccccc2-c2ccccc2)c1. The molecule has 146 valence electrons. The second-order valence-electron chi connectivity index (χ2n) is 6.35. The maximum atomic E-state index is 12.9. The van der Waals surface area contributed by atoms with Gasteiger partial charge in [-0.25, -0.2) is 0 Å². The number of anilines is 1. The number of carbonyl (C=O) groups excluding carboxylic acids is 2. The van der Waals surface area contributed by atoms with Crippen LogP contribution in [0.1, 0.15) is 27.1 Å². The molecule has 0 atom stereocenters. The summed E-state index contributed by atoms with van der Waals surface area (Å²) in [6.45, 7) is 0.0369. The summed E-state index contributed by atoms with van der Waals surface area (Å²) in [7, 11) is 0. The molecule has 0 aliphatic rings. The average molecular weight is 388 g/mol. The first-order chi connectivity index (χ1) is 14.0. The second-order valence-corrected chi connectivity index (χ2v) is 6.35. The molecule has 0 unspecified atom stereocenters. The molecule has 0 bridgehead atoms. The van der Waals surface area contributed by atoms with Crippen LogP contribution in [0.15, 0.2) is 78.9 Å². The molecule has 29 heavy (non-hydrogen) atoms. The van der Waals surface area contributed by atoms with Crippen molar-refractivity contribution in [2.75, 3.05) is 11.9 Å². The highest BCUT2D eigenvalue weighted by atomic mass is 16.4. The molecule has 3 N–H and O–H groups in total. The van der Waals surface area contributed by atoms with Gasteiger partial charge in [0.15, 0.2) is 0 Å². The Morgan fingerprint density at radius 2 is 1.52 bits per heavy atom. The van der Waals surface area contributed by atoms with Crippen molar-refractivity contribution >= 4 is 23.5 Å². The first-order valence-electron chi connectivity index (χ1n) is 9.10. The molecule has 0 aliphatic carbocycles. The van der Waals surface area contributed by atoms with Crippen LogP contribution in [0.3, 0.4) is 0 Å². The quantitative estimate of drug-likeness (QED) is 0.573. The lowest BCUT2D eigenvalue weighted by molar-refractivity contribution is -0.136. The van der Waals surface area contributed by atoms with Crippen molar-refractivity contribution in [3.63, 3.8) is 0 Å². The highest BCUT2D eigenvalue weighted by Crippen LogP contribution is 2.24. The number of benzene rings is 3. The highest BCUT2D eigenvalue weighted by molar-refractivity contribution is 6.09.